The Morgan fingerprint density at radius 3 is 2.78 bits per heavy atom. The molecule has 3 rings (SSSR count). The van der Waals surface area contributed by atoms with Gasteiger partial charge in [0.15, 0.2) is 0 Å². The van der Waals surface area contributed by atoms with Crippen LogP contribution in [0.3, 0.4) is 0 Å². The van der Waals surface area contributed by atoms with Crippen molar-refractivity contribution in [1.29, 1.82) is 0 Å². The summed E-state index contributed by atoms with van der Waals surface area (Å²) in [5, 5.41) is 10.0. The molecule has 4 atom stereocenters. The van der Waals surface area contributed by atoms with E-state index in [-0.39, 0.29) is 6.10 Å². The topological polar surface area (TPSA) is 20.2 Å². The van der Waals surface area contributed by atoms with E-state index in [2.05, 4.69) is 32.6 Å². The van der Waals surface area contributed by atoms with Gasteiger partial charge in [-0.15, -0.1) is 0 Å². The van der Waals surface area contributed by atoms with Crippen LogP contribution in [-0.4, -0.2) is 11.2 Å². The quantitative estimate of drug-likeness (QED) is 0.637. The molecular formula is C22H34O. The van der Waals surface area contributed by atoms with Gasteiger partial charge in [-0.25, -0.2) is 0 Å². The Balaban J connectivity index is 1.74. The fourth-order valence-electron chi connectivity index (χ4n) is 5.53. The number of hydrogen-bond acceptors (Lipinski definition) is 1. The van der Waals surface area contributed by atoms with Crippen molar-refractivity contribution in [2.24, 2.45) is 17.3 Å². The van der Waals surface area contributed by atoms with Crippen LogP contribution < -0.4 is 0 Å². The lowest BCUT2D eigenvalue weighted by Gasteiger charge is -2.42. The molecule has 0 heterocycles. The van der Waals surface area contributed by atoms with Crippen molar-refractivity contribution >= 4 is 0 Å². The standard InChI is InChI=1S/C22H34O/c1-4-6-19-12-13-20-18(7-5-14-22(19,20)3)11-10-17-9-8-16(2)21(23)15-17/h10-11,19-21,23H,2,4-9,12-15H2,1,3H3/b17-10-,18-11+/t19?,20?,21-,22-/m1/s1. The normalized spacial score (nSPS) is 41.5. The van der Waals surface area contributed by atoms with E-state index in [9.17, 15) is 5.11 Å². The van der Waals surface area contributed by atoms with Crippen LogP contribution in [0.5, 0.6) is 0 Å². The largest absolute Gasteiger partial charge is 0.388 e. The molecule has 1 N–H and O–H groups in total. The van der Waals surface area contributed by atoms with Gasteiger partial charge in [0.2, 0.25) is 0 Å². The fraction of sp³-hybridized carbons (Fsp3) is 0.727. The molecule has 3 aliphatic carbocycles. The van der Waals surface area contributed by atoms with Gasteiger partial charge >= 0.3 is 0 Å². The first kappa shape index (κ1) is 17.0. The van der Waals surface area contributed by atoms with E-state index in [0.717, 1.165) is 36.7 Å². The summed E-state index contributed by atoms with van der Waals surface area (Å²) in [4.78, 5) is 0. The molecule has 0 spiro atoms. The highest BCUT2D eigenvalue weighted by Crippen LogP contribution is 2.58. The maximum absolute atomic E-state index is 10.0. The van der Waals surface area contributed by atoms with E-state index in [1.807, 2.05) is 0 Å². The third kappa shape index (κ3) is 3.36. The molecule has 2 unspecified atom stereocenters. The summed E-state index contributed by atoms with van der Waals surface area (Å²) >= 11 is 0. The number of aliphatic hydroxyl groups is 1. The average Bonchev–Trinajstić information content (AvgIpc) is 2.86. The summed E-state index contributed by atoms with van der Waals surface area (Å²) in [5.41, 5.74) is 4.67. The monoisotopic (exact) mass is 314 g/mol. The van der Waals surface area contributed by atoms with Gasteiger partial charge < -0.3 is 5.11 Å². The third-order valence-electron chi connectivity index (χ3n) is 7.03. The fourth-order valence-corrected chi connectivity index (χ4v) is 5.53. The van der Waals surface area contributed by atoms with E-state index in [0.29, 0.717) is 5.41 Å². The van der Waals surface area contributed by atoms with Crippen molar-refractivity contribution in [3.63, 3.8) is 0 Å². The van der Waals surface area contributed by atoms with Crippen LogP contribution in [0.25, 0.3) is 0 Å². The Kier molecular flexibility index (Phi) is 5.16. The highest BCUT2D eigenvalue weighted by Gasteiger charge is 2.48. The molecule has 3 aliphatic rings. The highest BCUT2D eigenvalue weighted by molar-refractivity contribution is 5.27. The van der Waals surface area contributed by atoms with Gasteiger partial charge in [-0.2, -0.15) is 0 Å². The summed E-state index contributed by atoms with van der Waals surface area (Å²) < 4.78 is 0. The molecule has 0 aromatic carbocycles. The number of aliphatic hydroxyl groups excluding tert-OH is 1. The second-order valence-electron chi connectivity index (χ2n) is 8.42. The molecule has 1 nitrogen and oxygen atoms in total. The molecule has 128 valence electrons. The maximum Gasteiger partial charge on any atom is 0.0784 e. The minimum absolute atomic E-state index is 0.314. The zero-order valence-electron chi connectivity index (χ0n) is 15.1. The first-order valence-corrected chi connectivity index (χ1v) is 9.79. The number of rotatable bonds is 3. The summed E-state index contributed by atoms with van der Waals surface area (Å²) in [6, 6.07) is 0. The van der Waals surface area contributed by atoms with E-state index < -0.39 is 0 Å². The van der Waals surface area contributed by atoms with Crippen LogP contribution in [0.15, 0.2) is 35.5 Å². The zero-order chi connectivity index (χ0) is 16.4. The van der Waals surface area contributed by atoms with Crippen molar-refractivity contribution in [2.75, 3.05) is 0 Å². The van der Waals surface area contributed by atoms with E-state index in [1.165, 1.54) is 50.5 Å². The van der Waals surface area contributed by atoms with Gasteiger partial charge in [-0.1, -0.05) is 56.6 Å². The first-order valence-electron chi connectivity index (χ1n) is 9.79. The molecule has 0 amide bonds. The summed E-state index contributed by atoms with van der Waals surface area (Å²) in [6.07, 6.45) is 16.9. The summed E-state index contributed by atoms with van der Waals surface area (Å²) in [6.45, 7) is 8.87. The lowest BCUT2D eigenvalue weighted by atomic mass is 9.63. The molecule has 0 saturated heterocycles. The van der Waals surface area contributed by atoms with Crippen LogP contribution in [0, 0.1) is 17.3 Å². The summed E-state index contributed by atoms with van der Waals surface area (Å²) in [7, 11) is 0. The van der Waals surface area contributed by atoms with E-state index >= 15 is 0 Å². The predicted octanol–water partition coefficient (Wildman–Crippen LogP) is 5.96. The van der Waals surface area contributed by atoms with Crippen molar-refractivity contribution in [2.45, 2.75) is 84.2 Å². The van der Waals surface area contributed by atoms with E-state index in [1.54, 1.807) is 5.57 Å². The molecule has 0 radical (unpaired) electrons. The molecule has 0 aromatic heterocycles. The third-order valence-corrected chi connectivity index (χ3v) is 7.03. The second-order valence-corrected chi connectivity index (χ2v) is 8.42. The van der Waals surface area contributed by atoms with Gasteiger partial charge in [0.1, 0.15) is 0 Å². The van der Waals surface area contributed by atoms with Crippen molar-refractivity contribution in [3.05, 3.63) is 35.5 Å². The zero-order valence-corrected chi connectivity index (χ0v) is 15.1. The Morgan fingerprint density at radius 2 is 2.04 bits per heavy atom. The number of hydrogen-bond donors (Lipinski definition) is 1. The van der Waals surface area contributed by atoms with Gasteiger partial charge in [0, 0.05) is 0 Å². The van der Waals surface area contributed by atoms with Crippen LogP contribution in [0.4, 0.5) is 0 Å². The smallest absolute Gasteiger partial charge is 0.0784 e. The predicted molar refractivity (Wildman–Crippen MR) is 98.2 cm³/mol. The molecule has 1 heteroatoms. The lowest BCUT2D eigenvalue weighted by Crippen LogP contribution is -2.33. The molecule has 0 bridgehead atoms. The highest BCUT2D eigenvalue weighted by atomic mass is 16.3. The van der Waals surface area contributed by atoms with Crippen molar-refractivity contribution < 1.29 is 5.11 Å². The van der Waals surface area contributed by atoms with Crippen LogP contribution in [-0.2, 0) is 0 Å². The number of allylic oxidation sites excluding steroid dienone is 3. The number of fused-ring (bicyclic) bond motifs is 1. The molecule has 3 saturated carbocycles. The van der Waals surface area contributed by atoms with E-state index in [4.69, 9.17) is 0 Å². The average molecular weight is 315 g/mol. The van der Waals surface area contributed by atoms with Gasteiger partial charge in [0.25, 0.3) is 0 Å². The Morgan fingerprint density at radius 1 is 1.22 bits per heavy atom. The second kappa shape index (κ2) is 6.97. The van der Waals surface area contributed by atoms with Gasteiger partial charge in [-0.3, -0.25) is 0 Å². The molecule has 3 fully saturated rings. The van der Waals surface area contributed by atoms with Gasteiger partial charge in [-0.05, 0) is 74.2 Å². The first-order chi connectivity index (χ1) is 11.0. The minimum Gasteiger partial charge on any atom is -0.388 e. The Hall–Kier alpha value is -0.820. The SMILES string of the molecule is C=C1CC/C(=C/C=C2\CCC[C@]3(C)C(CCC)CCC23)C[C@H]1O. The summed E-state index contributed by atoms with van der Waals surface area (Å²) in [5.74, 6) is 1.75. The van der Waals surface area contributed by atoms with Crippen LogP contribution in [0.1, 0.15) is 78.1 Å². The van der Waals surface area contributed by atoms with Crippen molar-refractivity contribution in [3.8, 4) is 0 Å². The maximum atomic E-state index is 10.0. The Labute approximate surface area is 142 Å². The van der Waals surface area contributed by atoms with Crippen molar-refractivity contribution in [1.82, 2.24) is 0 Å². The van der Waals surface area contributed by atoms with Gasteiger partial charge in [0.05, 0.1) is 6.10 Å². The molecule has 0 aliphatic heterocycles. The molecule has 0 aromatic rings. The molecule has 23 heavy (non-hydrogen) atoms. The lowest BCUT2D eigenvalue weighted by molar-refractivity contribution is 0.129. The minimum atomic E-state index is -0.314. The van der Waals surface area contributed by atoms with Crippen LogP contribution >= 0.6 is 0 Å². The van der Waals surface area contributed by atoms with Crippen LogP contribution in [0.2, 0.25) is 0 Å². The Bertz CT molecular complexity index is 512. The molecular weight excluding hydrogens is 280 g/mol.